The standard InChI is InChI=1S/C11H15N3O2/c1-15-8-7-11(16-2)14-10-6-4-3-5-9(10)12-13-14/h3-6,11H,7-8H2,1-2H3. The minimum absolute atomic E-state index is 0.132. The van der Waals surface area contributed by atoms with Crippen molar-refractivity contribution in [2.75, 3.05) is 20.8 Å². The van der Waals surface area contributed by atoms with E-state index in [1.807, 2.05) is 24.3 Å². The fourth-order valence-electron chi connectivity index (χ4n) is 1.66. The molecule has 0 aliphatic heterocycles. The summed E-state index contributed by atoms with van der Waals surface area (Å²) in [6.07, 6.45) is 0.618. The van der Waals surface area contributed by atoms with Crippen molar-refractivity contribution in [3.63, 3.8) is 0 Å². The van der Waals surface area contributed by atoms with Gasteiger partial charge in [-0.15, -0.1) is 5.10 Å². The van der Waals surface area contributed by atoms with Crippen molar-refractivity contribution in [2.45, 2.75) is 12.6 Å². The fraction of sp³-hybridized carbons (Fsp3) is 0.455. The molecule has 0 aliphatic carbocycles. The first-order valence-corrected chi connectivity index (χ1v) is 5.18. The van der Waals surface area contributed by atoms with Crippen LogP contribution in [0.1, 0.15) is 12.6 Å². The van der Waals surface area contributed by atoms with Crippen LogP contribution in [-0.2, 0) is 9.47 Å². The van der Waals surface area contributed by atoms with Gasteiger partial charge in [0.2, 0.25) is 0 Å². The van der Waals surface area contributed by atoms with Crippen molar-refractivity contribution in [1.29, 1.82) is 0 Å². The zero-order valence-electron chi connectivity index (χ0n) is 9.46. The third-order valence-corrected chi connectivity index (χ3v) is 2.49. The van der Waals surface area contributed by atoms with E-state index in [4.69, 9.17) is 9.47 Å². The lowest BCUT2D eigenvalue weighted by atomic mass is 10.3. The van der Waals surface area contributed by atoms with E-state index in [2.05, 4.69) is 10.3 Å². The topological polar surface area (TPSA) is 49.2 Å². The number of ether oxygens (including phenoxy) is 2. The zero-order valence-corrected chi connectivity index (χ0v) is 9.46. The number of para-hydroxylation sites is 1. The lowest BCUT2D eigenvalue weighted by Gasteiger charge is -2.15. The van der Waals surface area contributed by atoms with Gasteiger partial charge in [-0.2, -0.15) is 0 Å². The third-order valence-electron chi connectivity index (χ3n) is 2.49. The van der Waals surface area contributed by atoms with Gasteiger partial charge in [0.05, 0.1) is 12.1 Å². The van der Waals surface area contributed by atoms with Gasteiger partial charge in [-0.25, -0.2) is 4.68 Å². The van der Waals surface area contributed by atoms with Crippen LogP contribution in [0.25, 0.3) is 11.0 Å². The monoisotopic (exact) mass is 221 g/mol. The molecule has 1 atom stereocenters. The molecule has 0 radical (unpaired) electrons. The van der Waals surface area contributed by atoms with Gasteiger partial charge in [-0.3, -0.25) is 0 Å². The molecule has 0 saturated heterocycles. The van der Waals surface area contributed by atoms with Gasteiger partial charge in [0.25, 0.3) is 0 Å². The average molecular weight is 221 g/mol. The van der Waals surface area contributed by atoms with Crippen molar-refractivity contribution >= 4 is 11.0 Å². The highest BCUT2D eigenvalue weighted by Gasteiger charge is 2.14. The second-order valence-electron chi connectivity index (χ2n) is 3.49. The van der Waals surface area contributed by atoms with Gasteiger partial charge >= 0.3 is 0 Å². The molecule has 0 spiro atoms. The van der Waals surface area contributed by atoms with E-state index < -0.39 is 0 Å². The van der Waals surface area contributed by atoms with E-state index >= 15 is 0 Å². The SMILES string of the molecule is COCCC(OC)n1nnc2ccccc21. The van der Waals surface area contributed by atoms with Crippen molar-refractivity contribution in [3.8, 4) is 0 Å². The Kier molecular flexibility index (Phi) is 3.48. The minimum Gasteiger partial charge on any atom is -0.385 e. The molecule has 5 heteroatoms. The quantitative estimate of drug-likeness (QED) is 0.769. The Labute approximate surface area is 94.0 Å². The zero-order chi connectivity index (χ0) is 11.4. The lowest BCUT2D eigenvalue weighted by Crippen LogP contribution is -2.14. The van der Waals surface area contributed by atoms with Gasteiger partial charge < -0.3 is 9.47 Å². The highest BCUT2D eigenvalue weighted by atomic mass is 16.5. The Morgan fingerprint density at radius 2 is 2.12 bits per heavy atom. The van der Waals surface area contributed by atoms with E-state index in [0.29, 0.717) is 6.61 Å². The fourth-order valence-corrected chi connectivity index (χ4v) is 1.66. The molecule has 1 heterocycles. The Morgan fingerprint density at radius 1 is 1.31 bits per heavy atom. The number of benzene rings is 1. The molecule has 2 aromatic rings. The van der Waals surface area contributed by atoms with Crippen LogP contribution in [0.3, 0.4) is 0 Å². The number of nitrogens with zero attached hydrogens (tertiary/aromatic N) is 3. The molecular weight excluding hydrogens is 206 g/mol. The van der Waals surface area contributed by atoms with Crippen molar-refractivity contribution < 1.29 is 9.47 Å². The number of hydrogen-bond acceptors (Lipinski definition) is 4. The van der Waals surface area contributed by atoms with Crippen molar-refractivity contribution in [2.24, 2.45) is 0 Å². The summed E-state index contributed by atoms with van der Waals surface area (Å²) in [6, 6.07) is 7.82. The normalized spacial score (nSPS) is 13.1. The van der Waals surface area contributed by atoms with Crippen molar-refractivity contribution in [1.82, 2.24) is 15.0 Å². The van der Waals surface area contributed by atoms with Crippen LogP contribution in [-0.4, -0.2) is 35.8 Å². The van der Waals surface area contributed by atoms with Crippen LogP contribution >= 0.6 is 0 Å². The van der Waals surface area contributed by atoms with E-state index in [0.717, 1.165) is 17.5 Å². The summed E-state index contributed by atoms with van der Waals surface area (Å²) >= 11 is 0. The minimum atomic E-state index is -0.132. The van der Waals surface area contributed by atoms with Gasteiger partial charge in [-0.05, 0) is 12.1 Å². The molecule has 1 aromatic carbocycles. The molecule has 0 N–H and O–H groups in total. The number of hydrogen-bond donors (Lipinski definition) is 0. The number of methoxy groups -OCH3 is 2. The van der Waals surface area contributed by atoms with Crippen LogP contribution in [0.2, 0.25) is 0 Å². The number of aromatic nitrogens is 3. The largest absolute Gasteiger partial charge is 0.385 e. The van der Waals surface area contributed by atoms with Gasteiger partial charge in [0.15, 0.2) is 6.23 Å². The molecule has 0 fully saturated rings. The molecule has 0 saturated carbocycles. The first-order chi connectivity index (χ1) is 7.86. The molecule has 16 heavy (non-hydrogen) atoms. The van der Waals surface area contributed by atoms with E-state index in [1.54, 1.807) is 18.9 Å². The number of rotatable bonds is 5. The lowest BCUT2D eigenvalue weighted by molar-refractivity contribution is 0.00980. The Hall–Kier alpha value is -1.46. The highest BCUT2D eigenvalue weighted by Crippen LogP contribution is 2.18. The smallest absolute Gasteiger partial charge is 0.154 e. The average Bonchev–Trinajstić information content (AvgIpc) is 2.75. The summed E-state index contributed by atoms with van der Waals surface area (Å²) in [5.41, 5.74) is 1.85. The predicted octanol–water partition coefficient (Wildman–Crippen LogP) is 1.61. The molecule has 0 aliphatic rings. The van der Waals surface area contributed by atoms with Gasteiger partial charge in [0, 0.05) is 20.6 Å². The maximum Gasteiger partial charge on any atom is 0.154 e. The predicted molar refractivity (Wildman–Crippen MR) is 60.1 cm³/mol. The molecule has 86 valence electrons. The molecule has 1 aromatic heterocycles. The van der Waals surface area contributed by atoms with E-state index in [-0.39, 0.29) is 6.23 Å². The van der Waals surface area contributed by atoms with Crippen LogP contribution < -0.4 is 0 Å². The van der Waals surface area contributed by atoms with Crippen molar-refractivity contribution in [3.05, 3.63) is 24.3 Å². The Bertz CT molecular complexity index is 455. The van der Waals surface area contributed by atoms with Gasteiger partial charge in [-0.1, -0.05) is 17.3 Å². The van der Waals surface area contributed by atoms with Gasteiger partial charge in [0.1, 0.15) is 5.52 Å². The molecule has 1 unspecified atom stereocenters. The molecule has 2 rings (SSSR count). The van der Waals surface area contributed by atoms with E-state index in [1.165, 1.54) is 0 Å². The first-order valence-electron chi connectivity index (χ1n) is 5.18. The van der Waals surface area contributed by atoms with Crippen LogP contribution in [0.4, 0.5) is 0 Å². The summed E-state index contributed by atoms with van der Waals surface area (Å²) in [7, 11) is 3.34. The Balaban J connectivity index is 2.30. The maximum absolute atomic E-state index is 5.39. The molecule has 0 bridgehead atoms. The summed E-state index contributed by atoms with van der Waals surface area (Å²) < 4.78 is 12.2. The van der Waals surface area contributed by atoms with E-state index in [9.17, 15) is 0 Å². The number of fused-ring (bicyclic) bond motifs is 1. The summed E-state index contributed by atoms with van der Waals surface area (Å²) in [4.78, 5) is 0. The second kappa shape index (κ2) is 5.05. The summed E-state index contributed by atoms with van der Waals surface area (Å²) in [5, 5.41) is 8.19. The summed E-state index contributed by atoms with van der Waals surface area (Å²) in [6.45, 7) is 0.632. The molecular formula is C11H15N3O2. The maximum atomic E-state index is 5.39. The van der Waals surface area contributed by atoms with Crippen LogP contribution in [0.5, 0.6) is 0 Å². The molecule has 5 nitrogen and oxygen atoms in total. The highest BCUT2D eigenvalue weighted by molar-refractivity contribution is 5.73. The molecule has 0 amide bonds. The Morgan fingerprint density at radius 3 is 2.88 bits per heavy atom. The van der Waals surface area contributed by atoms with Crippen LogP contribution in [0.15, 0.2) is 24.3 Å². The second-order valence-corrected chi connectivity index (χ2v) is 3.49. The summed E-state index contributed by atoms with van der Waals surface area (Å²) in [5.74, 6) is 0. The first kappa shape index (κ1) is 11.0. The van der Waals surface area contributed by atoms with Crippen LogP contribution in [0, 0.1) is 0 Å². The third kappa shape index (κ3) is 2.05.